The van der Waals surface area contributed by atoms with Crippen molar-refractivity contribution in [2.45, 2.75) is 25.8 Å². The number of aryl methyl sites for hydroxylation is 2. The van der Waals surface area contributed by atoms with Gasteiger partial charge in [0.05, 0.1) is 13.0 Å². The number of rotatable bonds is 8. The molecule has 3 aromatic rings. The van der Waals surface area contributed by atoms with Crippen molar-refractivity contribution in [3.8, 4) is 11.5 Å². The first-order valence-corrected chi connectivity index (χ1v) is 9.85. The van der Waals surface area contributed by atoms with E-state index in [-0.39, 0.29) is 12.7 Å². The highest BCUT2D eigenvalue weighted by molar-refractivity contribution is 5.79. The van der Waals surface area contributed by atoms with E-state index in [0.29, 0.717) is 25.3 Å². The van der Waals surface area contributed by atoms with Crippen LogP contribution >= 0.6 is 0 Å². The Kier molecular flexibility index (Phi) is 5.79. The van der Waals surface area contributed by atoms with Crippen LogP contribution in [-0.2, 0) is 31.2 Å². The summed E-state index contributed by atoms with van der Waals surface area (Å²) in [6, 6.07) is 16.0. The lowest BCUT2D eigenvalue weighted by atomic mass is 10.1. The molecule has 1 amide bonds. The molecule has 1 aromatic heterocycles. The molecule has 1 aliphatic heterocycles. The number of aromatic nitrogens is 2. The zero-order valence-corrected chi connectivity index (χ0v) is 16.6. The average molecular weight is 391 g/mol. The third-order valence-electron chi connectivity index (χ3n) is 5.13. The number of hydrogen-bond donors (Lipinski definition) is 0. The van der Waals surface area contributed by atoms with Crippen molar-refractivity contribution >= 4 is 5.91 Å². The largest absolute Gasteiger partial charge is 0.454 e. The Morgan fingerprint density at radius 3 is 2.72 bits per heavy atom. The minimum atomic E-state index is 0.0833. The van der Waals surface area contributed by atoms with E-state index in [1.807, 2.05) is 59.1 Å². The van der Waals surface area contributed by atoms with E-state index in [1.54, 1.807) is 6.20 Å². The third kappa shape index (κ3) is 4.77. The molecule has 0 saturated carbocycles. The van der Waals surface area contributed by atoms with E-state index in [9.17, 15) is 4.79 Å². The lowest BCUT2D eigenvalue weighted by Crippen LogP contribution is -2.34. The number of carbonyl (C=O) groups excluding carboxylic acids is 1. The van der Waals surface area contributed by atoms with Gasteiger partial charge in [0.25, 0.3) is 0 Å². The molecular weight excluding hydrogens is 366 g/mol. The predicted molar refractivity (Wildman–Crippen MR) is 110 cm³/mol. The maximum Gasteiger partial charge on any atom is 0.231 e. The standard InChI is InChI=1S/C23H25N3O3/c1-25-13-11-24-22(25)16-26(12-5-8-18-6-3-2-4-7-18)23(27)15-19-9-10-20-21(14-19)29-17-28-20/h2-4,6-7,9-11,13-14H,5,8,12,15-17H2,1H3. The summed E-state index contributed by atoms with van der Waals surface area (Å²) in [6.45, 7) is 1.42. The first kappa shape index (κ1) is 19.1. The Bertz CT molecular complexity index is 969. The molecule has 150 valence electrons. The monoisotopic (exact) mass is 391 g/mol. The summed E-state index contributed by atoms with van der Waals surface area (Å²) in [5.41, 5.74) is 2.21. The van der Waals surface area contributed by atoms with E-state index in [0.717, 1.165) is 30.0 Å². The second kappa shape index (κ2) is 8.82. The lowest BCUT2D eigenvalue weighted by Gasteiger charge is -2.23. The molecule has 0 radical (unpaired) electrons. The minimum absolute atomic E-state index is 0.0833. The van der Waals surface area contributed by atoms with Gasteiger partial charge in [-0.1, -0.05) is 36.4 Å². The average Bonchev–Trinajstić information content (AvgIpc) is 3.36. The maximum absolute atomic E-state index is 13.1. The van der Waals surface area contributed by atoms with Crippen LogP contribution in [0.15, 0.2) is 60.9 Å². The molecule has 2 aromatic carbocycles. The van der Waals surface area contributed by atoms with Gasteiger partial charge in [-0.05, 0) is 36.1 Å². The van der Waals surface area contributed by atoms with Gasteiger partial charge in [-0.2, -0.15) is 0 Å². The lowest BCUT2D eigenvalue weighted by molar-refractivity contribution is -0.131. The van der Waals surface area contributed by atoms with Crippen molar-refractivity contribution in [2.75, 3.05) is 13.3 Å². The van der Waals surface area contributed by atoms with Crippen LogP contribution in [0.1, 0.15) is 23.4 Å². The first-order chi connectivity index (χ1) is 14.2. The molecule has 0 spiro atoms. The Labute approximate surface area is 170 Å². The summed E-state index contributed by atoms with van der Waals surface area (Å²) in [4.78, 5) is 19.4. The Morgan fingerprint density at radius 1 is 1.10 bits per heavy atom. The van der Waals surface area contributed by atoms with Gasteiger partial charge in [0.15, 0.2) is 11.5 Å². The van der Waals surface area contributed by atoms with Crippen LogP contribution in [0.25, 0.3) is 0 Å². The number of benzene rings is 2. The summed E-state index contributed by atoms with van der Waals surface area (Å²) < 4.78 is 12.7. The van der Waals surface area contributed by atoms with Crippen molar-refractivity contribution in [3.05, 3.63) is 77.9 Å². The molecular formula is C23H25N3O3. The first-order valence-electron chi connectivity index (χ1n) is 9.85. The van der Waals surface area contributed by atoms with Crippen molar-refractivity contribution in [1.29, 1.82) is 0 Å². The molecule has 6 heteroatoms. The molecule has 0 bridgehead atoms. The highest BCUT2D eigenvalue weighted by atomic mass is 16.7. The summed E-state index contributed by atoms with van der Waals surface area (Å²) >= 11 is 0. The minimum Gasteiger partial charge on any atom is -0.454 e. The summed E-state index contributed by atoms with van der Waals surface area (Å²) in [7, 11) is 1.95. The zero-order chi connectivity index (χ0) is 20.1. The second-order valence-electron chi connectivity index (χ2n) is 7.22. The SMILES string of the molecule is Cn1ccnc1CN(CCCc1ccccc1)C(=O)Cc1ccc2c(c1)OCO2. The van der Waals surface area contributed by atoms with Gasteiger partial charge in [0.1, 0.15) is 5.82 Å². The zero-order valence-electron chi connectivity index (χ0n) is 16.6. The van der Waals surface area contributed by atoms with Crippen molar-refractivity contribution in [3.63, 3.8) is 0 Å². The third-order valence-corrected chi connectivity index (χ3v) is 5.13. The van der Waals surface area contributed by atoms with Crippen LogP contribution in [0.4, 0.5) is 0 Å². The molecule has 0 saturated heterocycles. The highest BCUT2D eigenvalue weighted by Crippen LogP contribution is 2.32. The number of hydrogen-bond acceptors (Lipinski definition) is 4. The Morgan fingerprint density at radius 2 is 1.93 bits per heavy atom. The second-order valence-corrected chi connectivity index (χ2v) is 7.22. The Hall–Kier alpha value is -3.28. The van der Waals surface area contributed by atoms with Crippen LogP contribution in [0, 0.1) is 0 Å². The number of amides is 1. The summed E-state index contributed by atoms with van der Waals surface area (Å²) in [5.74, 6) is 2.40. The quantitative estimate of drug-likeness (QED) is 0.591. The van der Waals surface area contributed by atoms with Crippen LogP contribution in [0.2, 0.25) is 0 Å². The van der Waals surface area contributed by atoms with E-state index in [4.69, 9.17) is 9.47 Å². The fourth-order valence-corrected chi connectivity index (χ4v) is 3.47. The van der Waals surface area contributed by atoms with Crippen LogP contribution < -0.4 is 9.47 Å². The van der Waals surface area contributed by atoms with Crippen LogP contribution in [0.3, 0.4) is 0 Å². The molecule has 6 nitrogen and oxygen atoms in total. The predicted octanol–water partition coefficient (Wildman–Crippen LogP) is 3.35. The van der Waals surface area contributed by atoms with Crippen molar-refractivity contribution < 1.29 is 14.3 Å². The number of ether oxygens (including phenoxy) is 2. The summed E-state index contributed by atoms with van der Waals surface area (Å²) in [5, 5.41) is 0. The van der Waals surface area contributed by atoms with E-state index >= 15 is 0 Å². The summed E-state index contributed by atoms with van der Waals surface area (Å²) in [6.07, 6.45) is 5.84. The fraction of sp³-hybridized carbons (Fsp3) is 0.304. The number of nitrogens with zero attached hydrogens (tertiary/aromatic N) is 3. The van der Waals surface area contributed by atoms with Crippen molar-refractivity contribution in [2.24, 2.45) is 7.05 Å². The number of carbonyl (C=O) groups is 1. The maximum atomic E-state index is 13.1. The molecule has 0 fully saturated rings. The molecule has 29 heavy (non-hydrogen) atoms. The number of fused-ring (bicyclic) bond motifs is 1. The molecule has 0 N–H and O–H groups in total. The van der Waals surface area contributed by atoms with Gasteiger partial charge < -0.3 is 18.9 Å². The van der Waals surface area contributed by atoms with Gasteiger partial charge in [-0.3, -0.25) is 4.79 Å². The normalized spacial score (nSPS) is 12.2. The van der Waals surface area contributed by atoms with Gasteiger partial charge >= 0.3 is 0 Å². The smallest absolute Gasteiger partial charge is 0.231 e. The van der Waals surface area contributed by atoms with E-state index in [2.05, 4.69) is 17.1 Å². The van der Waals surface area contributed by atoms with Crippen LogP contribution in [0.5, 0.6) is 11.5 Å². The van der Waals surface area contributed by atoms with Gasteiger partial charge in [-0.15, -0.1) is 0 Å². The van der Waals surface area contributed by atoms with Crippen LogP contribution in [-0.4, -0.2) is 33.7 Å². The van der Waals surface area contributed by atoms with Crippen molar-refractivity contribution in [1.82, 2.24) is 14.5 Å². The van der Waals surface area contributed by atoms with E-state index < -0.39 is 0 Å². The van der Waals surface area contributed by atoms with Gasteiger partial charge in [0, 0.05) is 26.0 Å². The highest BCUT2D eigenvalue weighted by Gasteiger charge is 2.19. The Balaban J connectivity index is 1.43. The molecule has 0 aliphatic carbocycles. The molecule has 4 rings (SSSR count). The molecule has 0 unspecified atom stereocenters. The topological polar surface area (TPSA) is 56.6 Å². The molecule has 2 heterocycles. The van der Waals surface area contributed by atoms with Gasteiger partial charge in [-0.25, -0.2) is 4.98 Å². The van der Waals surface area contributed by atoms with Gasteiger partial charge in [0.2, 0.25) is 12.7 Å². The molecule has 0 atom stereocenters. The number of imidazole rings is 1. The van der Waals surface area contributed by atoms with E-state index in [1.165, 1.54) is 5.56 Å². The molecule has 1 aliphatic rings. The fourth-order valence-electron chi connectivity index (χ4n) is 3.47.